The Kier molecular flexibility index (Phi) is 4.30. The molecular weight excluding hydrogens is 202 g/mol. The SMILES string of the molecule is Cc1cc(=O)cc(C)n1CC(O)CC(C)C. The van der Waals surface area contributed by atoms with Crippen LogP contribution in [0.4, 0.5) is 0 Å². The summed E-state index contributed by atoms with van der Waals surface area (Å²) in [7, 11) is 0. The molecule has 3 nitrogen and oxygen atoms in total. The number of aryl methyl sites for hydroxylation is 2. The van der Waals surface area contributed by atoms with Gasteiger partial charge in [0.2, 0.25) is 0 Å². The van der Waals surface area contributed by atoms with Crippen molar-refractivity contribution < 1.29 is 5.11 Å². The van der Waals surface area contributed by atoms with E-state index in [1.54, 1.807) is 12.1 Å². The van der Waals surface area contributed by atoms with Crippen LogP contribution in [0.25, 0.3) is 0 Å². The molecule has 1 aromatic heterocycles. The molecule has 1 aromatic rings. The fourth-order valence-corrected chi connectivity index (χ4v) is 2.00. The first-order valence-corrected chi connectivity index (χ1v) is 5.76. The zero-order valence-corrected chi connectivity index (χ0v) is 10.5. The van der Waals surface area contributed by atoms with E-state index in [-0.39, 0.29) is 11.5 Å². The van der Waals surface area contributed by atoms with Crippen molar-refractivity contribution in [1.29, 1.82) is 0 Å². The summed E-state index contributed by atoms with van der Waals surface area (Å²) in [6.45, 7) is 8.55. The quantitative estimate of drug-likeness (QED) is 0.846. The van der Waals surface area contributed by atoms with Crippen molar-refractivity contribution in [1.82, 2.24) is 4.57 Å². The van der Waals surface area contributed by atoms with Gasteiger partial charge >= 0.3 is 0 Å². The highest BCUT2D eigenvalue weighted by atomic mass is 16.3. The minimum Gasteiger partial charge on any atom is -0.391 e. The topological polar surface area (TPSA) is 42.2 Å². The summed E-state index contributed by atoms with van der Waals surface area (Å²) in [6, 6.07) is 3.21. The van der Waals surface area contributed by atoms with Gasteiger partial charge in [-0.2, -0.15) is 0 Å². The first kappa shape index (κ1) is 13.0. The summed E-state index contributed by atoms with van der Waals surface area (Å²) in [5.74, 6) is 0.481. The molecule has 0 amide bonds. The summed E-state index contributed by atoms with van der Waals surface area (Å²) >= 11 is 0. The lowest BCUT2D eigenvalue weighted by Gasteiger charge is -2.19. The van der Waals surface area contributed by atoms with Crippen molar-refractivity contribution in [3.8, 4) is 0 Å². The molecule has 0 fully saturated rings. The van der Waals surface area contributed by atoms with Crippen molar-refractivity contribution in [3.05, 3.63) is 33.7 Å². The van der Waals surface area contributed by atoms with Gasteiger partial charge in [-0.15, -0.1) is 0 Å². The fraction of sp³-hybridized carbons (Fsp3) is 0.615. The van der Waals surface area contributed by atoms with Crippen LogP contribution in [0.3, 0.4) is 0 Å². The molecule has 1 N–H and O–H groups in total. The molecular formula is C13H21NO2. The predicted octanol–water partition coefficient (Wildman–Crippen LogP) is 1.87. The van der Waals surface area contributed by atoms with Crippen LogP contribution in [0, 0.1) is 19.8 Å². The van der Waals surface area contributed by atoms with Crippen LogP contribution in [0.15, 0.2) is 16.9 Å². The molecule has 1 rings (SSSR count). The summed E-state index contributed by atoms with van der Waals surface area (Å²) < 4.78 is 1.99. The molecule has 0 bridgehead atoms. The Bertz CT molecular complexity index is 381. The Labute approximate surface area is 96.7 Å². The van der Waals surface area contributed by atoms with Crippen molar-refractivity contribution in [2.75, 3.05) is 0 Å². The van der Waals surface area contributed by atoms with E-state index < -0.39 is 0 Å². The molecule has 0 aliphatic carbocycles. The second kappa shape index (κ2) is 5.30. The summed E-state index contributed by atoms with van der Waals surface area (Å²) in [5.41, 5.74) is 1.85. The number of pyridine rings is 1. The highest BCUT2D eigenvalue weighted by Crippen LogP contribution is 2.09. The summed E-state index contributed by atoms with van der Waals surface area (Å²) in [6.07, 6.45) is 0.435. The lowest BCUT2D eigenvalue weighted by Crippen LogP contribution is -2.22. The number of hydrogen-bond acceptors (Lipinski definition) is 2. The molecule has 1 unspecified atom stereocenters. The maximum atomic E-state index is 11.3. The first-order valence-electron chi connectivity index (χ1n) is 5.76. The highest BCUT2D eigenvalue weighted by Gasteiger charge is 2.10. The van der Waals surface area contributed by atoms with Crippen LogP contribution in [-0.2, 0) is 6.54 Å². The molecule has 1 heterocycles. The van der Waals surface area contributed by atoms with Crippen molar-refractivity contribution >= 4 is 0 Å². The molecule has 0 saturated carbocycles. The van der Waals surface area contributed by atoms with Gasteiger partial charge in [0.1, 0.15) is 0 Å². The Balaban J connectivity index is 2.85. The monoisotopic (exact) mass is 223 g/mol. The molecule has 0 aliphatic rings. The maximum Gasteiger partial charge on any atom is 0.182 e. The Morgan fingerprint density at radius 2 is 1.75 bits per heavy atom. The van der Waals surface area contributed by atoms with E-state index in [9.17, 15) is 9.90 Å². The minimum absolute atomic E-state index is 0.0320. The van der Waals surface area contributed by atoms with Crippen LogP contribution < -0.4 is 5.43 Å². The van der Waals surface area contributed by atoms with Gasteiger partial charge in [-0.05, 0) is 26.2 Å². The third-order valence-electron chi connectivity index (χ3n) is 2.69. The smallest absolute Gasteiger partial charge is 0.182 e. The second-order valence-corrected chi connectivity index (χ2v) is 4.87. The van der Waals surface area contributed by atoms with E-state index in [0.717, 1.165) is 17.8 Å². The van der Waals surface area contributed by atoms with Gasteiger partial charge in [0.15, 0.2) is 5.43 Å². The van der Waals surface area contributed by atoms with Gasteiger partial charge in [-0.3, -0.25) is 4.79 Å². The van der Waals surface area contributed by atoms with Gasteiger partial charge in [-0.1, -0.05) is 13.8 Å². The fourth-order valence-electron chi connectivity index (χ4n) is 2.00. The molecule has 0 aromatic carbocycles. The zero-order chi connectivity index (χ0) is 12.3. The van der Waals surface area contributed by atoms with Crippen LogP contribution in [0.2, 0.25) is 0 Å². The van der Waals surface area contributed by atoms with Gasteiger partial charge in [0.25, 0.3) is 0 Å². The molecule has 0 saturated heterocycles. The maximum absolute atomic E-state index is 11.3. The summed E-state index contributed by atoms with van der Waals surface area (Å²) in [5, 5.41) is 9.89. The molecule has 90 valence electrons. The molecule has 3 heteroatoms. The van der Waals surface area contributed by atoms with E-state index in [0.29, 0.717) is 12.5 Å². The molecule has 0 spiro atoms. The van der Waals surface area contributed by atoms with Crippen LogP contribution >= 0.6 is 0 Å². The van der Waals surface area contributed by atoms with E-state index in [1.807, 2.05) is 18.4 Å². The first-order chi connectivity index (χ1) is 7.40. The van der Waals surface area contributed by atoms with Crippen LogP contribution in [0.1, 0.15) is 31.7 Å². The lowest BCUT2D eigenvalue weighted by atomic mass is 10.1. The average molecular weight is 223 g/mol. The minimum atomic E-state index is -0.347. The predicted molar refractivity (Wildman–Crippen MR) is 65.6 cm³/mol. The highest BCUT2D eigenvalue weighted by molar-refractivity contribution is 5.12. The van der Waals surface area contributed by atoms with Crippen molar-refractivity contribution in [2.45, 2.75) is 46.8 Å². The molecule has 0 aliphatic heterocycles. The van der Waals surface area contributed by atoms with Gasteiger partial charge in [-0.25, -0.2) is 0 Å². The normalized spacial score (nSPS) is 13.1. The summed E-state index contributed by atoms with van der Waals surface area (Å²) in [4.78, 5) is 11.3. The van der Waals surface area contributed by atoms with Crippen molar-refractivity contribution in [3.63, 3.8) is 0 Å². The van der Waals surface area contributed by atoms with Gasteiger partial charge in [0.05, 0.1) is 6.10 Å². The van der Waals surface area contributed by atoms with Crippen LogP contribution in [-0.4, -0.2) is 15.8 Å². The molecule has 0 radical (unpaired) electrons. The zero-order valence-electron chi connectivity index (χ0n) is 10.5. The van der Waals surface area contributed by atoms with Crippen LogP contribution in [0.5, 0.6) is 0 Å². The number of aromatic nitrogens is 1. The number of rotatable bonds is 4. The second-order valence-electron chi connectivity index (χ2n) is 4.87. The number of aliphatic hydroxyl groups is 1. The van der Waals surface area contributed by atoms with Crippen molar-refractivity contribution in [2.24, 2.45) is 5.92 Å². The Morgan fingerprint density at radius 3 is 2.19 bits per heavy atom. The standard InChI is InChI=1S/C13H21NO2/c1-9(2)5-13(16)8-14-10(3)6-12(15)7-11(14)4/h6-7,9,13,16H,5,8H2,1-4H3. The van der Waals surface area contributed by atoms with E-state index in [2.05, 4.69) is 13.8 Å². The third-order valence-corrected chi connectivity index (χ3v) is 2.69. The number of nitrogens with zero attached hydrogens (tertiary/aromatic N) is 1. The largest absolute Gasteiger partial charge is 0.391 e. The van der Waals surface area contributed by atoms with Gasteiger partial charge in [0, 0.05) is 30.1 Å². The van der Waals surface area contributed by atoms with E-state index >= 15 is 0 Å². The number of hydrogen-bond donors (Lipinski definition) is 1. The Hall–Kier alpha value is -1.09. The van der Waals surface area contributed by atoms with Gasteiger partial charge < -0.3 is 9.67 Å². The average Bonchev–Trinajstić information content (AvgIpc) is 2.09. The lowest BCUT2D eigenvalue weighted by molar-refractivity contribution is 0.128. The van der Waals surface area contributed by atoms with E-state index in [4.69, 9.17) is 0 Å². The van der Waals surface area contributed by atoms with E-state index in [1.165, 1.54) is 0 Å². The molecule has 1 atom stereocenters. The Morgan fingerprint density at radius 1 is 1.25 bits per heavy atom. The number of aliphatic hydroxyl groups excluding tert-OH is 1. The molecule has 16 heavy (non-hydrogen) atoms. The third kappa shape index (κ3) is 3.49.